The number of nitrogens with zero attached hydrogens (tertiary/aromatic N) is 8. The van der Waals surface area contributed by atoms with Gasteiger partial charge in [-0.2, -0.15) is 23.1 Å². The zero-order chi connectivity index (χ0) is 45.8. The van der Waals surface area contributed by atoms with Gasteiger partial charge in [0.05, 0.1) is 53.3 Å². The first-order chi connectivity index (χ1) is 31.2. The summed E-state index contributed by atoms with van der Waals surface area (Å²) in [5.74, 6) is -1.75. The van der Waals surface area contributed by atoms with Crippen LogP contribution in [-0.4, -0.2) is 112 Å². The van der Waals surface area contributed by atoms with Crippen LogP contribution in [0, 0.1) is 23.0 Å². The van der Waals surface area contributed by atoms with E-state index in [1.165, 1.54) is 36.5 Å². The number of aromatic nitrogens is 4. The molecule has 21 heteroatoms. The van der Waals surface area contributed by atoms with Gasteiger partial charge in [-0.3, -0.25) is 33.8 Å². The van der Waals surface area contributed by atoms with Crippen LogP contribution in [0.4, 0.5) is 25.1 Å². The van der Waals surface area contributed by atoms with Crippen LogP contribution in [0.25, 0.3) is 21.8 Å². The number of hydrogen-bond donors (Lipinski definition) is 3. The van der Waals surface area contributed by atoms with Crippen LogP contribution in [0.2, 0.25) is 0 Å². The largest absolute Gasteiger partial charge is 0.453 e. The third-order valence-corrected chi connectivity index (χ3v) is 14.9. The van der Waals surface area contributed by atoms with Crippen molar-refractivity contribution in [2.24, 2.45) is 7.05 Å². The maximum absolute atomic E-state index is 15.8. The fraction of sp³-hybridized carbons (Fsp3) is 0.455. The van der Waals surface area contributed by atoms with E-state index in [9.17, 15) is 33.2 Å². The Kier molecular flexibility index (Phi) is 11.8. The monoisotopic (exact) mass is 914 g/mol. The number of nitrogens with one attached hydrogen (secondary N) is 2. The summed E-state index contributed by atoms with van der Waals surface area (Å²) in [5, 5.41) is 26.7. The molecule has 3 N–H and O–H groups in total. The predicted octanol–water partition coefficient (Wildman–Crippen LogP) is 4.77. The van der Waals surface area contributed by atoms with Gasteiger partial charge in [-0.15, -0.1) is 0 Å². The van der Waals surface area contributed by atoms with Gasteiger partial charge in [0.15, 0.2) is 17.4 Å². The fourth-order valence-electron chi connectivity index (χ4n) is 9.84. The molecule has 5 aromatic rings. The topological polar surface area (TPSA) is 217 Å². The van der Waals surface area contributed by atoms with Crippen molar-refractivity contribution < 1.29 is 41.4 Å². The minimum Gasteiger partial charge on any atom is -0.453 e. The SMILES string of the molecule is CN(CCO)S(=O)(=O)Nc1ccc(F)c(Oc2ccc3ncn(C4COC5(CCN(C6CCC(c7cc8c(cc7F)c(N7CCC(=O)NC7=O)nn8C)CC6)CC5)C4)c(=O)c3c2)c1C#N. The van der Waals surface area contributed by atoms with Crippen molar-refractivity contribution in [3.05, 3.63) is 81.9 Å². The number of anilines is 2. The van der Waals surface area contributed by atoms with E-state index >= 15 is 8.78 Å². The number of rotatable bonds is 11. The molecule has 3 saturated heterocycles. The van der Waals surface area contributed by atoms with Crippen molar-refractivity contribution in [3.8, 4) is 17.6 Å². The van der Waals surface area contributed by atoms with Crippen molar-refractivity contribution >= 4 is 55.5 Å². The number of aliphatic hydroxyl groups is 1. The molecule has 65 heavy (non-hydrogen) atoms. The number of aryl methyl sites for hydroxylation is 1. The molecule has 0 radical (unpaired) electrons. The van der Waals surface area contributed by atoms with E-state index in [4.69, 9.17) is 9.47 Å². The van der Waals surface area contributed by atoms with Gasteiger partial charge in [-0.25, -0.2) is 18.6 Å². The molecule has 1 unspecified atom stereocenters. The predicted molar refractivity (Wildman–Crippen MR) is 234 cm³/mol. The van der Waals surface area contributed by atoms with Gasteiger partial charge in [0, 0.05) is 58.1 Å². The second kappa shape index (κ2) is 17.4. The van der Waals surface area contributed by atoms with Crippen LogP contribution < -0.4 is 25.2 Å². The van der Waals surface area contributed by atoms with Crippen LogP contribution >= 0.6 is 0 Å². The number of carbonyl (C=O) groups excluding carboxylic acids is 2. The Balaban J connectivity index is 0.832. The van der Waals surface area contributed by atoms with Crippen molar-refractivity contribution in [3.63, 3.8) is 0 Å². The molecule has 3 aliphatic heterocycles. The van der Waals surface area contributed by atoms with Gasteiger partial charge in [0.1, 0.15) is 23.2 Å². The lowest BCUT2D eigenvalue weighted by Gasteiger charge is -2.44. The van der Waals surface area contributed by atoms with E-state index in [0.717, 1.165) is 73.6 Å². The molecule has 0 bridgehead atoms. The Morgan fingerprint density at radius 1 is 1.03 bits per heavy atom. The average Bonchev–Trinajstić information content (AvgIpc) is 3.84. The third kappa shape index (κ3) is 8.40. The number of benzene rings is 3. The minimum absolute atomic E-state index is 0.0288. The number of imide groups is 1. The van der Waals surface area contributed by atoms with Crippen molar-refractivity contribution in [1.82, 2.24) is 33.9 Å². The normalized spacial score (nSPS) is 21.6. The van der Waals surface area contributed by atoms with Gasteiger partial charge in [-0.1, -0.05) is 0 Å². The molecular weight excluding hydrogens is 867 g/mol. The maximum atomic E-state index is 15.8. The molecule has 4 fully saturated rings. The number of amides is 3. The fourth-order valence-corrected chi connectivity index (χ4v) is 10.8. The van der Waals surface area contributed by atoms with E-state index in [2.05, 4.69) is 25.0 Å². The van der Waals surface area contributed by atoms with Crippen molar-refractivity contribution in [2.75, 3.05) is 56.1 Å². The van der Waals surface area contributed by atoms with Gasteiger partial charge >= 0.3 is 16.2 Å². The highest BCUT2D eigenvalue weighted by atomic mass is 32.2. The van der Waals surface area contributed by atoms with E-state index in [1.807, 2.05) is 6.07 Å². The second-order valence-electron chi connectivity index (χ2n) is 17.3. The summed E-state index contributed by atoms with van der Waals surface area (Å²) in [7, 11) is -1.20. The van der Waals surface area contributed by atoms with Gasteiger partial charge < -0.3 is 19.5 Å². The zero-order valence-corrected chi connectivity index (χ0v) is 36.6. The molecule has 1 aliphatic carbocycles. The lowest BCUT2D eigenvalue weighted by molar-refractivity contribution is -0.120. The number of hydrogen-bond acceptors (Lipinski definition) is 12. The van der Waals surface area contributed by atoms with Crippen LogP contribution in [0.1, 0.15) is 74.5 Å². The Morgan fingerprint density at radius 3 is 2.52 bits per heavy atom. The van der Waals surface area contributed by atoms with E-state index in [0.29, 0.717) is 41.4 Å². The first-order valence-electron chi connectivity index (χ1n) is 21.6. The summed E-state index contributed by atoms with van der Waals surface area (Å²) in [6, 6.07) is 11.1. The summed E-state index contributed by atoms with van der Waals surface area (Å²) in [4.78, 5) is 46.6. The smallest absolute Gasteiger partial charge is 0.329 e. The lowest BCUT2D eigenvalue weighted by atomic mass is 9.79. The number of ether oxygens (including phenoxy) is 2. The van der Waals surface area contributed by atoms with Crippen LogP contribution in [0.5, 0.6) is 11.5 Å². The molecule has 1 spiro atoms. The number of halogens is 2. The highest BCUT2D eigenvalue weighted by Gasteiger charge is 2.45. The summed E-state index contributed by atoms with van der Waals surface area (Å²) < 4.78 is 75.0. The molecule has 1 atom stereocenters. The second-order valence-corrected chi connectivity index (χ2v) is 19.1. The van der Waals surface area contributed by atoms with Gasteiger partial charge in [0.2, 0.25) is 5.91 Å². The first kappa shape index (κ1) is 44.2. The number of piperidine rings is 1. The number of likely N-dealkylation sites (N-methyl/N-ethyl adjacent to an activating group) is 1. The molecule has 342 valence electrons. The number of nitriles is 1. The molecule has 9 rings (SSSR count). The Labute approximate surface area is 372 Å². The Bertz CT molecular complexity index is 2920. The average molecular weight is 915 g/mol. The lowest BCUT2D eigenvalue weighted by Crippen LogP contribution is -2.49. The van der Waals surface area contributed by atoms with Crippen LogP contribution in [-0.2, 0) is 26.8 Å². The van der Waals surface area contributed by atoms with Gasteiger partial charge in [0.25, 0.3) is 5.56 Å². The van der Waals surface area contributed by atoms with E-state index < -0.39 is 45.6 Å². The Hall–Kier alpha value is -6.05. The number of urea groups is 1. The minimum atomic E-state index is -4.20. The first-order valence-corrected chi connectivity index (χ1v) is 23.0. The number of fused-ring (bicyclic) bond motifs is 2. The summed E-state index contributed by atoms with van der Waals surface area (Å²) in [6.45, 7) is 1.50. The Morgan fingerprint density at radius 2 is 1.80 bits per heavy atom. The zero-order valence-electron chi connectivity index (χ0n) is 35.8. The summed E-state index contributed by atoms with van der Waals surface area (Å²) >= 11 is 0. The van der Waals surface area contributed by atoms with Crippen LogP contribution in [0.15, 0.2) is 53.6 Å². The van der Waals surface area contributed by atoms with E-state index in [1.54, 1.807) is 28.4 Å². The third-order valence-electron chi connectivity index (χ3n) is 13.5. The molecular formula is C44H48F2N10O8S. The number of likely N-dealkylation sites (tertiary alicyclic amines) is 1. The number of aliphatic hydroxyl groups excluding tert-OH is 1. The highest BCUT2D eigenvalue weighted by Crippen LogP contribution is 2.44. The molecule has 3 aromatic carbocycles. The standard InChI is InChI=1S/C44H48F2N10O8S/c1-52(17-18-57)65(61,62)51-37-10-8-34(45)40(33(37)23-47)64-29-7-9-36-31(19-29)42(59)56(25-48-36)28-22-44(63-24-28)12-15-54(16-13-44)27-5-3-26(4-6-27)30-21-38-32(20-35(30)46)41(50-53(38)2)55-14-11-39(58)49-43(55)60/h7-10,19-21,25-28,51,57H,3-6,11-18,22,24H2,1-2H3,(H,49,58,60). The summed E-state index contributed by atoms with van der Waals surface area (Å²) in [6.07, 6.45) is 7.32. The molecule has 1 saturated carbocycles. The van der Waals surface area contributed by atoms with Crippen molar-refractivity contribution in [2.45, 2.75) is 75.0 Å². The highest BCUT2D eigenvalue weighted by molar-refractivity contribution is 7.90. The van der Waals surface area contributed by atoms with Gasteiger partial charge in [-0.05, 0) is 98.9 Å². The van der Waals surface area contributed by atoms with Crippen LogP contribution in [0.3, 0.4) is 0 Å². The quantitative estimate of drug-likeness (QED) is 0.163. The molecule has 5 heterocycles. The van der Waals surface area contributed by atoms with E-state index in [-0.39, 0.29) is 65.6 Å². The molecule has 2 aromatic heterocycles. The van der Waals surface area contributed by atoms with Crippen molar-refractivity contribution in [1.29, 1.82) is 5.26 Å². The molecule has 4 aliphatic rings. The molecule has 3 amide bonds. The maximum Gasteiger partial charge on any atom is 0.329 e. The summed E-state index contributed by atoms with van der Waals surface area (Å²) in [5.41, 5.74) is 0.340. The number of carbonyl (C=O) groups is 2. The molecule has 18 nitrogen and oxygen atoms in total.